The van der Waals surface area contributed by atoms with Gasteiger partial charge in [0, 0.05) is 38.1 Å². The second-order valence-electron chi connectivity index (χ2n) is 8.71. The molecule has 5 rings (SSSR count). The molecule has 3 aromatic rings. The molecular formula is C28H26N4O4. The molecule has 2 aliphatic heterocycles. The van der Waals surface area contributed by atoms with Gasteiger partial charge in [-0.05, 0) is 58.7 Å². The van der Waals surface area contributed by atoms with Crippen molar-refractivity contribution in [2.75, 3.05) is 28.3 Å². The first-order valence-electron chi connectivity index (χ1n) is 11.5. The molecule has 0 saturated heterocycles. The number of hydrogen-bond acceptors (Lipinski definition) is 6. The van der Waals surface area contributed by atoms with Crippen LogP contribution in [0.1, 0.15) is 43.0 Å². The van der Waals surface area contributed by atoms with Crippen LogP contribution in [0.2, 0.25) is 0 Å². The molecule has 0 unspecified atom stereocenters. The molecule has 0 aromatic heterocycles. The Morgan fingerprint density at radius 2 is 1.06 bits per heavy atom. The molecule has 0 aliphatic carbocycles. The molecule has 8 heteroatoms. The number of aliphatic imine (C=N–C) groups is 2. The van der Waals surface area contributed by atoms with Crippen LogP contribution in [0.5, 0.6) is 0 Å². The minimum atomic E-state index is -0.196. The molecule has 0 atom stereocenters. The summed E-state index contributed by atoms with van der Waals surface area (Å²) in [6, 6.07) is 19.3. The van der Waals surface area contributed by atoms with Crippen LogP contribution in [0.4, 0.5) is 11.4 Å². The van der Waals surface area contributed by atoms with E-state index in [1.165, 1.54) is 24.3 Å². The number of benzene rings is 3. The molecule has 0 bridgehead atoms. The van der Waals surface area contributed by atoms with Crippen molar-refractivity contribution in [2.24, 2.45) is 9.98 Å². The lowest BCUT2D eigenvalue weighted by atomic mass is 9.98. The fraction of sp³-hybridized carbons (Fsp3) is 0.214. The molecule has 3 aromatic carbocycles. The van der Waals surface area contributed by atoms with Crippen LogP contribution < -0.4 is 0 Å². The quantitative estimate of drug-likeness (QED) is 0.490. The van der Waals surface area contributed by atoms with Crippen LogP contribution in [0, 0.1) is 0 Å². The van der Waals surface area contributed by atoms with Crippen LogP contribution >= 0.6 is 0 Å². The summed E-state index contributed by atoms with van der Waals surface area (Å²) in [5.74, 6) is -0.391. The highest BCUT2D eigenvalue weighted by molar-refractivity contribution is 6.10. The van der Waals surface area contributed by atoms with E-state index < -0.39 is 0 Å². The first-order chi connectivity index (χ1) is 17.4. The third kappa shape index (κ3) is 4.32. The molecule has 8 nitrogen and oxygen atoms in total. The second-order valence-corrected chi connectivity index (χ2v) is 8.71. The zero-order valence-electron chi connectivity index (χ0n) is 20.6. The summed E-state index contributed by atoms with van der Waals surface area (Å²) in [5, 5.41) is 2.41. The van der Waals surface area contributed by atoms with E-state index in [0.29, 0.717) is 24.0 Å². The number of amides is 2. The summed E-state index contributed by atoms with van der Waals surface area (Å²) < 4.78 is 0. The van der Waals surface area contributed by atoms with Gasteiger partial charge >= 0.3 is 0 Å². The monoisotopic (exact) mass is 482 g/mol. The van der Waals surface area contributed by atoms with Crippen molar-refractivity contribution < 1.29 is 19.3 Å². The summed E-state index contributed by atoms with van der Waals surface area (Å²) in [7, 11) is 6.10. The number of hydroxylamine groups is 4. The molecule has 182 valence electrons. The van der Waals surface area contributed by atoms with Crippen molar-refractivity contribution in [3.05, 3.63) is 94.0 Å². The Hall–Kier alpha value is -4.14. The van der Waals surface area contributed by atoms with Crippen LogP contribution in [-0.2, 0) is 22.5 Å². The maximum absolute atomic E-state index is 12.4. The van der Waals surface area contributed by atoms with E-state index in [0.717, 1.165) is 45.1 Å². The van der Waals surface area contributed by atoms with Gasteiger partial charge in [-0.25, -0.2) is 10.1 Å². The van der Waals surface area contributed by atoms with Crippen molar-refractivity contribution in [2.45, 2.75) is 12.8 Å². The normalized spacial score (nSPS) is 13.6. The van der Waals surface area contributed by atoms with Gasteiger partial charge in [0.05, 0.1) is 37.0 Å². The molecule has 0 saturated carbocycles. The lowest BCUT2D eigenvalue weighted by Gasteiger charge is -2.13. The van der Waals surface area contributed by atoms with E-state index in [2.05, 4.69) is 24.3 Å². The average molecular weight is 483 g/mol. The smallest absolute Gasteiger partial charge is 0.274 e. The highest BCUT2D eigenvalue weighted by Crippen LogP contribution is 2.32. The fourth-order valence-electron chi connectivity index (χ4n) is 4.39. The van der Waals surface area contributed by atoms with E-state index in [1.54, 1.807) is 26.2 Å². The molecule has 0 fully saturated rings. The number of carbonyl (C=O) groups excluding carboxylic acids is 2. The first-order valence-corrected chi connectivity index (χ1v) is 11.5. The molecule has 2 amide bonds. The number of carbonyl (C=O) groups is 2. The molecule has 36 heavy (non-hydrogen) atoms. The first kappa shape index (κ1) is 23.6. The number of nitrogens with zero attached hydrogens (tertiary/aromatic N) is 4. The van der Waals surface area contributed by atoms with E-state index >= 15 is 0 Å². The highest BCUT2D eigenvalue weighted by atomic mass is 16.7. The zero-order chi connectivity index (χ0) is 25.4. The van der Waals surface area contributed by atoms with E-state index in [1.807, 2.05) is 24.3 Å². The Labute approximate surface area is 209 Å². The van der Waals surface area contributed by atoms with Crippen LogP contribution in [-0.4, -0.2) is 61.7 Å². The number of rotatable bonds is 6. The predicted molar refractivity (Wildman–Crippen MR) is 137 cm³/mol. The topological polar surface area (TPSA) is 83.8 Å². The van der Waals surface area contributed by atoms with Gasteiger partial charge in [0.1, 0.15) is 0 Å². The van der Waals surface area contributed by atoms with Gasteiger partial charge in [-0.3, -0.25) is 29.2 Å². The molecular weight excluding hydrogens is 456 g/mol. The van der Waals surface area contributed by atoms with Gasteiger partial charge in [0.2, 0.25) is 0 Å². The zero-order valence-corrected chi connectivity index (χ0v) is 20.6. The Kier molecular flexibility index (Phi) is 6.22. The lowest BCUT2D eigenvalue weighted by Crippen LogP contribution is -2.25. The number of hydrogen-bond donors (Lipinski definition) is 0. The van der Waals surface area contributed by atoms with Crippen molar-refractivity contribution in [3.8, 4) is 0 Å². The summed E-state index contributed by atoms with van der Waals surface area (Å²) in [6.07, 6.45) is 1.32. The highest BCUT2D eigenvalue weighted by Gasteiger charge is 2.22. The van der Waals surface area contributed by atoms with Crippen LogP contribution in [0.25, 0.3) is 0 Å². The lowest BCUT2D eigenvalue weighted by molar-refractivity contribution is -0.0757. The maximum Gasteiger partial charge on any atom is 0.277 e. The van der Waals surface area contributed by atoms with Gasteiger partial charge in [-0.15, -0.1) is 0 Å². The van der Waals surface area contributed by atoms with Crippen molar-refractivity contribution >= 4 is 34.6 Å². The van der Waals surface area contributed by atoms with E-state index in [9.17, 15) is 9.59 Å². The summed E-state index contributed by atoms with van der Waals surface area (Å²) in [5.41, 5.74) is 8.92. The third-order valence-corrected chi connectivity index (χ3v) is 6.55. The Bertz CT molecular complexity index is 1320. The van der Waals surface area contributed by atoms with E-state index in [4.69, 9.17) is 19.7 Å². The molecule has 0 N–H and O–H groups in total. The summed E-state index contributed by atoms with van der Waals surface area (Å²) in [6.45, 7) is 0. The van der Waals surface area contributed by atoms with Gasteiger partial charge in [-0.2, -0.15) is 0 Å². The van der Waals surface area contributed by atoms with Crippen LogP contribution in [0.15, 0.2) is 70.6 Å². The molecule has 2 heterocycles. The third-order valence-electron chi connectivity index (χ3n) is 6.55. The van der Waals surface area contributed by atoms with Gasteiger partial charge in [0.15, 0.2) is 0 Å². The fourth-order valence-corrected chi connectivity index (χ4v) is 4.39. The minimum Gasteiger partial charge on any atom is -0.274 e. The molecule has 2 aliphatic rings. The van der Waals surface area contributed by atoms with Gasteiger partial charge in [0.25, 0.3) is 11.8 Å². The molecule has 0 spiro atoms. The van der Waals surface area contributed by atoms with Crippen molar-refractivity contribution in [1.82, 2.24) is 10.1 Å². The predicted octanol–water partition coefficient (Wildman–Crippen LogP) is 4.31. The Balaban J connectivity index is 1.29. The SMILES string of the molecule is CON(C)C(=O)c1ccc2c(c1)CC(c1ccc(C3=Nc4ccc(C(=O)N(C)OC)cc4C3)cc1)=N2. The van der Waals surface area contributed by atoms with Gasteiger partial charge < -0.3 is 0 Å². The average Bonchev–Trinajstić information content (AvgIpc) is 3.54. The minimum absolute atomic E-state index is 0.196. The van der Waals surface area contributed by atoms with E-state index in [-0.39, 0.29) is 11.8 Å². The largest absolute Gasteiger partial charge is 0.277 e. The van der Waals surface area contributed by atoms with Crippen LogP contribution in [0.3, 0.4) is 0 Å². The second kappa shape index (κ2) is 9.49. The van der Waals surface area contributed by atoms with Crippen molar-refractivity contribution in [3.63, 3.8) is 0 Å². The van der Waals surface area contributed by atoms with Gasteiger partial charge in [-0.1, -0.05) is 24.3 Å². The van der Waals surface area contributed by atoms with Crippen molar-refractivity contribution in [1.29, 1.82) is 0 Å². The summed E-state index contributed by atoms with van der Waals surface area (Å²) >= 11 is 0. The summed E-state index contributed by atoms with van der Waals surface area (Å²) in [4.78, 5) is 44.4. The number of fused-ring (bicyclic) bond motifs is 2. The Morgan fingerprint density at radius 3 is 1.42 bits per heavy atom. The Morgan fingerprint density at radius 1 is 0.667 bits per heavy atom. The molecule has 0 radical (unpaired) electrons. The maximum atomic E-state index is 12.4. The standard InChI is InChI=1S/C28H26N4O4/c1-31(35-3)27(33)19-9-11-23-21(13-19)15-25(29-23)17-5-7-18(8-6-17)26-16-22-14-20(10-12-24(22)30-26)28(34)32(2)36-4/h5-14H,15-16H2,1-4H3.